The second-order valence-corrected chi connectivity index (χ2v) is 12.6. The summed E-state index contributed by atoms with van der Waals surface area (Å²) in [5, 5.41) is 0.159. The first-order valence-electron chi connectivity index (χ1n) is 8.65. The average molecular weight is 343 g/mol. The van der Waals surface area contributed by atoms with Crippen molar-refractivity contribution in [3.05, 3.63) is 66.2 Å². The Labute approximate surface area is 148 Å². The molecular formula is C21H30O2Si. The van der Waals surface area contributed by atoms with E-state index in [1.807, 2.05) is 36.4 Å². The van der Waals surface area contributed by atoms with Gasteiger partial charge in [-0.2, -0.15) is 0 Å². The fourth-order valence-corrected chi connectivity index (χ4v) is 3.66. The van der Waals surface area contributed by atoms with Gasteiger partial charge < -0.3 is 9.16 Å². The lowest BCUT2D eigenvalue weighted by Crippen LogP contribution is -2.44. The van der Waals surface area contributed by atoms with Crippen LogP contribution in [0.5, 0.6) is 5.75 Å². The molecule has 0 N–H and O–H groups in total. The molecule has 24 heavy (non-hydrogen) atoms. The number of ether oxygens (including phenoxy) is 1. The van der Waals surface area contributed by atoms with E-state index in [1.54, 1.807) is 0 Å². The molecule has 0 fully saturated rings. The predicted octanol–water partition coefficient (Wildman–Crippen LogP) is 6.22. The maximum absolute atomic E-state index is 6.74. The van der Waals surface area contributed by atoms with Gasteiger partial charge in [0.25, 0.3) is 0 Å². The van der Waals surface area contributed by atoms with Gasteiger partial charge in [0, 0.05) is 0 Å². The summed E-state index contributed by atoms with van der Waals surface area (Å²) in [4.78, 5) is 0. The fourth-order valence-electron chi connectivity index (χ4n) is 2.35. The van der Waals surface area contributed by atoms with Gasteiger partial charge in [-0.1, -0.05) is 69.3 Å². The van der Waals surface area contributed by atoms with Gasteiger partial charge in [-0.15, -0.1) is 0 Å². The van der Waals surface area contributed by atoms with Crippen LogP contribution in [-0.4, -0.2) is 14.4 Å². The van der Waals surface area contributed by atoms with Crippen LogP contribution in [0.4, 0.5) is 0 Å². The Hall–Kier alpha value is -1.58. The highest BCUT2D eigenvalue weighted by atomic mass is 28.4. The summed E-state index contributed by atoms with van der Waals surface area (Å²) in [5.74, 6) is 0.879. The minimum absolute atomic E-state index is 0.0658. The molecule has 2 aromatic carbocycles. The van der Waals surface area contributed by atoms with Crippen LogP contribution < -0.4 is 4.74 Å². The quantitative estimate of drug-likeness (QED) is 0.580. The van der Waals surface area contributed by atoms with E-state index in [0.29, 0.717) is 0 Å². The lowest BCUT2D eigenvalue weighted by molar-refractivity contribution is 0.0548. The zero-order valence-electron chi connectivity index (χ0n) is 15.7. The molecule has 130 valence electrons. The van der Waals surface area contributed by atoms with Crippen LogP contribution in [0.3, 0.4) is 0 Å². The number of rotatable bonds is 6. The molecule has 2 atom stereocenters. The van der Waals surface area contributed by atoms with Crippen LogP contribution in [-0.2, 0) is 4.43 Å². The maximum atomic E-state index is 6.74. The molecular weight excluding hydrogens is 312 g/mol. The number of benzene rings is 2. The molecule has 0 aliphatic heterocycles. The Morgan fingerprint density at radius 3 is 1.83 bits per heavy atom. The first-order chi connectivity index (χ1) is 11.2. The summed E-state index contributed by atoms with van der Waals surface area (Å²) in [6.45, 7) is 13.5. The molecule has 0 spiro atoms. The third-order valence-electron chi connectivity index (χ3n) is 4.85. The molecule has 0 radical (unpaired) electrons. The monoisotopic (exact) mass is 342 g/mol. The molecule has 2 aromatic rings. The summed E-state index contributed by atoms with van der Waals surface area (Å²) in [6, 6.07) is 20.4. The number of hydrogen-bond acceptors (Lipinski definition) is 2. The van der Waals surface area contributed by atoms with Gasteiger partial charge in [0.05, 0.1) is 0 Å². The van der Waals surface area contributed by atoms with Crippen molar-refractivity contribution in [2.45, 2.75) is 58.0 Å². The fraction of sp³-hybridized carbons (Fsp3) is 0.429. The van der Waals surface area contributed by atoms with E-state index in [9.17, 15) is 0 Å². The Morgan fingerprint density at radius 2 is 1.33 bits per heavy atom. The second-order valence-electron chi connectivity index (χ2n) is 7.85. The standard InChI is InChI=1S/C21H30O2Si/c1-17(22-19-15-11-8-12-16-19)20(18-13-9-7-10-14-18)23-24(5,6)21(2,3)4/h7-17,20H,1-6H3. The third kappa shape index (κ3) is 4.71. The van der Waals surface area contributed by atoms with Crippen LogP contribution in [0.25, 0.3) is 0 Å². The van der Waals surface area contributed by atoms with Gasteiger partial charge in [0.15, 0.2) is 8.32 Å². The molecule has 0 saturated carbocycles. The molecule has 3 heteroatoms. The summed E-state index contributed by atoms with van der Waals surface area (Å²) in [6.07, 6.45) is -0.142. The molecule has 0 saturated heterocycles. The largest absolute Gasteiger partial charge is 0.488 e. The van der Waals surface area contributed by atoms with Crippen LogP contribution in [0, 0.1) is 0 Å². The predicted molar refractivity (Wildman–Crippen MR) is 104 cm³/mol. The number of para-hydroxylation sites is 1. The molecule has 0 bridgehead atoms. The molecule has 2 unspecified atom stereocenters. The Bertz CT molecular complexity index is 617. The molecule has 2 nitrogen and oxygen atoms in total. The van der Waals surface area contributed by atoms with Gasteiger partial charge in [-0.25, -0.2) is 0 Å². The van der Waals surface area contributed by atoms with Crippen molar-refractivity contribution in [2.24, 2.45) is 0 Å². The molecule has 0 heterocycles. The second kappa shape index (κ2) is 7.54. The first kappa shape index (κ1) is 18.8. The zero-order chi connectivity index (χ0) is 17.8. The van der Waals surface area contributed by atoms with E-state index in [2.05, 4.69) is 65.1 Å². The van der Waals surface area contributed by atoms with Gasteiger partial charge >= 0.3 is 0 Å². The van der Waals surface area contributed by atoms with Crippen LogP contribution >= 0.6 is 0 Å². The van der Waals surface area contributed by atoms with Crippen LogP contribution in [0.1, 0.15) is 39.4 Å². The van der Waals surface area contributed by atoms with Crippen molar-refractivity contribution in [3.63, 3.8) is 0 Å². The molecule has 2 rings (SSSR count). The molecule has 0 amide bonds. The van der Waals surface area contributed by atoms with Crippen molar-refractivity contribution in [2.75, 3.05) is 0 Å². The summed E-state index contributed by atoms with van der Waals surface area (Å²) in [5.41, 5.74) is 1.17. The van der Waals surface area contributed by atoms with Gasteiger partial charge in [-0.05, 0) is 42.8 Å². The average Bonchev–Trinajstić information content (AvgIpc) is 2.53. The van der Waals surface area contributed by atoms with E-state index < -0.39 is 8.32 Å². The highest BCUT2D eigenvalue weighted by Crippen LogP contribution is 2.41. The van der Waals surface area contributed by atoms with Gasteiger partial charge in [0.1, 0.15) is 18.0 Å². The summed E-state index contributed by atoms with van der Waals surface area (Å²) < 4.78 is 12.9. The highest BCUT2D eigenvalue weighted by Gasteiger charge is 2.41. The summed E-state index contributed by atoms with van der Waals surface area (Å²) in [7, 11) is -1.91. The smallest absolute Gasteiger partial charge is 0.193 e. The van der Waals surface area contributed by atoms with E-state index in [4.69, 9.17) is 9.16 Å². The Balaban J connectivity index is 2.26. The Morgan fingerprint density at radius 1 is 0.833 bits per heavy atom. The lowest BCUT2D eigenvalue weighted by Gasteiger charge is -2.41. The third-order valence-corrected chi connectivity index (χ3v) is 9.30. The van der Waals surface area contributed by atoms with Crippen molar-refractivity contribution in [1.82, 2.24) is 0 Å². The molecule has 0 aromatic heterocycles. The normalized spacial score (nSPS) is 14.9. The van der Waals surface area contributed by atoms with Crippen molar-refractivity contribution in [3.8, 4) is 5.75 Å². The van der Waals surface area contributed by atoms with E-state index in [1.165, 1.54) is 5.56 Å². The Kier molecular flexibility index (Phi) is 5.89. The SMILES string of the molecule is CC(Oc1ccccc1)C(O[Si](C)(C)C(C)(C)C)c1ccccc1. The van der Waals surface area contributed by atoms with Crippen molar-refractivity contribution >= 4 is 8.32 Å². The molecule has 0 aliphatic rings. The van der Waals surface area contributed by atoms with Gasteiger partial charge in [-0.3, -0.25) is 0 Å². The minimum atomic E-state index is -1.91. The van der Waals surface area contributed by atoms with Crippen LogP contribution in [0.15, 0.2) is 60.7 Å². The van der Waals surface area contributed by atoms with E-state index >= 15 is 0 Å². The highest BCUT2D eigenvalue weighted by molar-refractivity contribution is 6.74. The zero-order valence-corrected chi connectivity index (χ0v) is 16.7. The maximum Gasteiger partial charge on any atom is 0.193 e. The number of hydrogen-bond donors (Lipinski definition) is 0. The van der Waals surface area contributed by atoms with E-state index in [-0.39, 0.29) is 17.2 Å². The van der Waals surface area contributed by atoms with E-state index in [0.717, 1.165) is 5.75 Å². The topological polar surface area (TPSA) is 18.5 Å². The molecule has 0 aliphatic carbocycles. The lowest BCUT2D eigenvalue weighted by atomic mass is 10.1. The van der Waals surface area contributed by atoms with Crippen molar-refractivity contribution < 1.29 is 9.16 Å². The first-order valence-corrected chi connectivity index (χ1v) is 11.6. The van der Waals surface area contributed by atoms with Crippen LogP contribution in [0.2, 0.25) is 18.1 Å². The van der Waals surface area contributed by atoms with Gasteiger partial charge in [0.2, 0.25) is 0 Å². The summed E-state index contributed by atoms with van der Waals surface area (Å²) >= 11 is 0. The minimum Gasteiger partial charge on any atom is -0.488 e. The van der Waals surface area contributed by atoms with Crippen molar-refractivity contribution in [1.29, 1.82) is 0 Å².